The van der Waals surface area contributed by atoms with Crippen molar-refractivity contribution in [2.45, 2.75) is 24.6 Å². The highest BCUT2D eigenvalue weighted by Gasteiger charge is 2.58. The van der Waals surface area contributed by atoms with Crippen LogP contribution in [0, 0.1) is 27.9 Å². The van der Waals surface area contributed by atoms with Gasteiger partial charge >= 0.3 is 5.97 Å². The molecule has 0 amide bonds. The standard InChI is InChI=1S/C13H15FN2O6/c14-13(10-4-15-3-8-5-21-6-9(8)10)2-7(12(17)18)1-11(13)22-16(19)20/h4,6-8,10-11H,1-3,5H2,(H,17,18)/t7-,8?,10?,11-,13+/m1/s1. The monoisotopic (exact) mass is 314 g/mol. The predicted octanol–water partition coefficient (Wildman–Crippen LogP) is 0.997. The highest BCUT2D eigenvalue weighted by atomic mass is 19.1. The van der Waals surface area contributed by atoms with Gasteiger partial charge in [-0.1, -0.05) is 0 Å². The fraction of sp³-hybridized carbons (Fsp3) is 0.692. The summed E-state index contributed by atoms with van der Waals surface area (Å²) >= 11 is 0. The summed E-state index contributed by atoms with van der Waals surface area (Å²) in [7, 11) is 0. The number of ether oxygens (including phenoxy) is 1. The van der Waals surface area contributed by atoms with Crippen LogP contribution < -0.4 is 0 Å². The molecule has 0 aromatic carbocycles. The molecule has 0 bridgehead atoms. The van der Waals surface area contributed by atoms with Crippen LogP contribution >= 0.6 is 0 Å². The number of carbonyl (C=O) groups is 1. The summed E-state index contributed by atoms with van der Waals surface area (Å²) in [6.07, 6.45) is 0.842. The molecule has 0 spiro atoms. The van der Waals surface area contributed by atoms with Crippen molar-refractivity contribution < 1.29 is 29.0 Å². The second-order valence-corrected chi connectivity index (χ2v) is 5.86. The third-order valence-corrected chi connectivity index (χ3v) is 4.60. The topological polar surface area (TPSA) is 111 Å². The lowest BCUT2D eigenvalue weighted by molar-refractivity contribution is -0.771. The summed E-state index contributed by atoms with van der Waals surface area (Å²) in [5, 5.41) is 18.7. The van der Waals surface area contributed by atoms with Crippen LogP contribution in [0.15, 0.2) is 16.8 Å². The average Bonchev–Trinajstić information content (AvgIpc) is 3.04. The Bertz CT molecular complexity index is 565. The quantitative estimate of drug-likeness (QED) is 0.612. The van der Waals surface area contributed by atoms with Crippen molar-refractivity contribution in [3.8, 4) is 0 Å². The Balaban J connectivity index is 1.93. The SMILES string of the molecule is O=C(O)[C@@H]1C[C@@H](O[N+](=O)[O-])[C@@](F)(C2C=NCC3COC=C32)C1. The summed E-state index contributed by atoms with van der Waals surface area (Å²) < 4.78 is 20.8. The normalized spacial score (nSPS) is 39.8. The van der Waals surface area contributed by atoms with E-state index in [-0.39, 0.29) is 18.8 Å². The van der Waals surface area contributed by atoms with Crippen molar-refractivity contribution in [1.82, 2.24) is 0 Å². The fourth-order valence-corrected chi connectivity index (χ4v) is 3.52. The van der Waals surface area contributed by atoms with E-state index in [0.29, 0.717) is 18.7 Å². The first kappa shape index (κ1) is 14.7. The Kier molecular flexibility index (Phi) is 3.50. The van der Waals surface area contributed by atoms with E-state index in [1.165, 1.54) is 12.5 Å². The van der Waals surface area contributed by atoms with Gasteiger partial charge in [0.15, 0.2) is 0 Å². The number of carboxylic acids is 1. The second-order valence-electron chi connectivity index (χ2n) is 5.86. The van der Waals surface area contributed by atoms with E-state index in [4.69, 9.17) is 9.84 Å². The Hall–Kier alpha value is -2.19. The minimum Gasteiger partial charge on any atom is -0.501 e. The Morgan fingerprint density at radius 3 is 3.09 bits per heavy atom. The molecule has 2 aliphatic heterocycles. The largest absolute Gasteiger partial charge is 0.501 e. The van der Waals surface area contributed by atoms with Gasteiger partial charge in [0.1, 0.15) is 11.8 Å². The van der Waals surface area contributed by atoms with Crippen LogP contribution in [0.2, 0.25) is 0 Å². The minimum atomic E-state index is -2.18. The van der Waals surface area contributed by atoms with Gasteiger partial charge in [0, 0.05) is 18.7 Å². The van der Waals surface area contributed by atoms with E-state index < -0.39 is 34.7 Å². The number of aliphatic imine (C=N–C) groups is 1. The zero-order valence-corrected chi connectivity index (χ0v) is 11.6. The van der Waals surface area contributed by atoms with Gasteiger partial charge < -0.3 is 14.7 Å². The van der Waals surface area contributed by atoms with Crippen molar-refractivity contribution >= 4 is 12.2 Å². The van der Waals surface area contributed by atoms with Gasteiger partial charge in [0.05, 0.1) is 24.7 Å². The number of nitrogens with zero attached hydrogens (tertiary/aromatic N) is 2. The van der Waals surface area contributed by atoms with E-state index in [1.807, 2.05) is 0 Å². The van der Waals surface area contributed by atoms with Crippen LogP contribution in [-0.2, 0) is 14.4 Å². The van der Waals surface area contributed by atoms with Crippen molar-refractivity contribution in [3.63, 3.8) is 0 Å². The number of alkyl halides is 1. The number of rotatable bonds is 4. The second kappa shape index (κ2) is 5.22. The minimum absolute atomic E-state index is 0.0669. The molecule has 1 N–H and O–H groups in total. The highest BCUT2D eigenvalue weighted by molar-refractivity contribution is 5.73. The summed E-state index contributed by atoms with van der Waals surface area (Å²) in [5.41, 5.74) is -1.52. The molecule has 2 unspecified atom stereocenters. The van der Waals surface area contributed by atoms with Gasteiger partial charge in [-0.05, 0) is 18.4 Å². The first-order chi connectivity index (χ1) is 10.4. The number of carboxylic acid groups (broad SMARTS) is 1. The first-order valence-electron chi connectivity index (χ1n) is 6.96. The van der Waals surface area contributed by atoms with Gasteiger partial charge in [-0.2, -0.15) is 0 Å². The van der Waals surface area contributed by atoms with Crippen molar-refractivity contribution in [1.29, 1.82) is 0 Å². The third kappa shape index (κ3) is 2.30. The Morgan fingerprint density at radius 2 is 2.41 bits per heavy atom. The van der Waals surface area contributed by atoms with E-state index in [0.717, 1.165) is 0 Å². The number of halogens is 1. The molecule has 22 heavy (non-hydrogen) atoms. The van der Waals surface area contributed by atoms with Crippen LogP contribution in [0.4, 0.5) is 4.39 Å². The molecular formula is C13H15FN2O6. The summed E-state index contributed by atoms with van der Waals surface area (Å²) in [6.45, 7) is 0.865. The van der Waals surface area contributed by atoms with Gasteiger partial charge in [-0.25, -0.2) is 4.39 Å². The number of hydrogen-bond acceptors (Lipinski definition) is 6. The maximum Gasteiger partial charge on any atom is 0.306 e. The molecule has 0 aromatic rings. The molecular weight excluding hydrogens is 299 g/mol. The van der Waals surface area contributed by atoms with Crippen LogP contribution in [0.1, 0.15) is 12.8 Å². The summed E-state index contributed by atoms with van der Waals surface area (Å²) in [5.74, 6) is -3.13. The van der Waals surface area contributed by atoms with Crippen molar-refractivity contribution in [3.05, 3.63) is 21.9 Å². The summed E-state index contributed by atoms with van der Waals surface area (Å²) in [4.78, 5) is 30.4. The third-order valence-electron chi connectivity index (χ3n) is 4.60. The van der Waals surface area contributed by atoms with E-state index in [9.17, 15) is 14.9 Å². The van der Waals surface area contributed by atoms with Crippen LogP contribution in [0.3, 0.4) is 0 Å². The molecule has 1 saturated carbocycles. The molecule has 0 radical (unpaired) electrons. The lowest BCUT2D eigenvalue weighted by atomic mass is 9.76. The number of fused-ring (bicyclic) bond motifs is 1. The van der Waals surface area contributed by atoms with Gasteiger partial charge in [0.25, 0.3) is 5.09 Å². The van der Waals surface area contributed by atoms with Gasteiger partial charge in [-0.3, -0.25) is 9.79 Å². The van der Waals surface area contributed by atoms with Crippen molar-refractivity contribution in [2.24, 2.45) is 22.7 Å². The van der Waals surface area contributed by atoms with E-state index in [1.54, 1.807) is 0 Å². The molecule has 120 valence electrons. The van der Waals surface area contributed by atoms with Crippen LogP contribution in [0.25, 0.3) is 0 Å². The lowest BCUT2D eigenvalue weighted by Crippen LogP contribution is -2.46. The smallest absolute Gasteiger partial charge is 0.306 e. The maximum atomic E-state index is 15.6. The maximum absolute atomic E-state index is 15.6. The Morgan fingerprint density at radius 1 is 1.64 bits per heavy atom. The highest BCUT2D eigenvalue weighted by Crippen LogP contribution is 2.49. The molecule has 0 aromatic heterocycles. The van der Waals surface area contributed by atoms with Gasteiger partial charge in [-0.15, -0.1) is 10.1 Å². The molecule has 8 nitrogen and oxygen atoms in total. The number of aliphatic carboxylic acids is 1. The Labute approximate surface area is 124 Å². The average molecular weight is 314 g/mol. The predicted molar refractivity (Wildman–Crippen MR) is 70.4 cm³/mol. The molecule has 5 atom stereocenters. The fourth-order valence-electron chi connectivity index (χ4n) is 3.52. The van der Waals surface area contributed by atoms with Gasteiger partial charge in [0.2, 0.25) is 0 Å². The number of hydrogen-bond donors (Lipinski definition) is 1. The zero-order chi connectivity index (χ0) is 15.9. The van der Waals surface area contributed by atoms with Crippen molar-refractivity contribution in [2.75, 3.05) is 13.2 Å². The zero-order valence-electron chi connectivity index (χ0n) is 11.6. The lowest BCUT2D eigenvalue weighted by Gasteiger charge is -2.35. The van der Waals surface area contributed by atoms with Crippen LogP contribution in [0.5, 0.6) is 0 Å². The molecule has 2 heterocycles. The first-order valence-corrected chi connectivity index (χ1v) is 6.96. The molecule has 0 saturated heterocycles. The molecule has 3 rings (SSSR count). The molecule has 1 aliphatic carbocycles. The molecule has 9 heteroatoms. The van der Waals surface area contributed by atoms with E-state index in [2.05, 4.69) is 9.83 Å². The van der Waals surface area contributed by atoms with Crippen LogP contribution in [-0.4, -0.2) is 47.3 Å². The molecule has 1 fully saturated rings. The molecule has 3 aliphatic rings. The summed E-state index contributed by atoms with van der Waals surface area (Å²) in [6, 6.07) is 0. The van der Waals surface area contributed by atoms with E-state index >= 15 is 4.39 Å².